The zero-order chi connectivity index (χ0) is 13.5. The fourth-order valence-corrected chi connectivity index (χ4v) is 3.77. The third-order valence-corrected chi connectivity index (χ3v) is 5.31. The van der Waals surface area contributed by atoms with Crippen molar-refractivity contribution in [2.45, 2.75) is 60.0 Å². The Morgan fingerprint density at radius 3 is 2.33 bits per heavy atom. The minimum atomic E-state index is 0.385. The molecule has 2 rings (SSSR count). The molecule has 1 aliphatic heterocycles. The van der Waals surface area contributed by atoms with E-state index in [0.717, 1.165) is 5.92 Å². The first-order valence-corrected chi connectivity index (χ1v) is 7.25. The van der Waals surface area contributed by atoms with Gasteiger partial charge in [-0.1, -0.05) is 45.9 Å². The van der Waals surface area contributed by atoms with E-state index in [2.05, 4.69) is 70.7 Å². The van der Waals surface area contributed by atoms with E-state index in [1.54, 1.807) is 0 Å². The molecule has 2 unspecified atom stereocenters. The maximum atomic E-state index is 2.67. The minimum absolute atomic E-state index is 0.385. The Balaban J connectivity index is 2.47. The molecule has 1 aromatic carbocycles. The standard InChI is InChI=1S/C17H27N/c1-7-16-17(5,6)13(3)14(4)18(16)15-11-9-8-10-12(15)2/h8-11,13-14,16H,7H2,1-6H3/t13?,14-,16?/m0/s1. The first-order valence-electron chi connectivity index (χ1n) is 7.25. The van der Waals surface area contributed by atoms with Crippen molar-refractivity contribution in [1.82, 2.24) is 0 Å². The highest BCUT2D eigenvalue weighted by Crippen LogP contribution is 2.48. The van der Waals surface area contributed by atoms with Gasteiger partial charge in [0.1, 0.15) is 0 Å². The second-order valence-corrected chi connectivity index (χ2v) is 6.47. The molecule has 0 spiro atoms. The van der Waals surface area contributed by atoms with E-state index in [-0.39, 0.29) is 0 Å². The van der Waals surface area contributed by atoms with Crippen LogP contribution in [0.3, 0.4) is 0 Å². The predicted molar refractivity (Wildman–Crippen MR) is 80.1 cm³/mol. The molecule has 0 radical (unpaired) electrons. The van der Waals surface area contributed by atoms with Crippen molar-refractivity contribution in [3.8, 4) is 0 Å². The summed E-state index contributed by atoms with van der Waals surface area (Å²) in [7, 11) is 0. The van der Waals surface area contributed by atoms with Crippen LogP contribution >= 0.6 is 0 Å². The molecule has 3 atom stereocenters. The van der Waals surface area contributed by atoms with Gasteiger partial charge in [0.15, 0.2) is 0 Å². The van der Waals surface area contributed by atoms with Crippen LogP contribution in [-0.4, -0.2) is 12.1 Å². The van der Waals surface area contributed by atoms with Crippen molar-refractivity contribution in [1.29, 1.82) is 0 Å². The highest BCUT2D eigenvalue weighted by Gasteiger charge is 2.49. The minimum Gasteiger partial charge on any atom is -0.365 e. The zero-order valence-electron chi connectivity index (χ0n) is 12.7. The number of hydrogen-bond acceptors (Lipinski definition) is 1. The highest BCUT2D eigenvalue weighted by atomic mass is 15.2. The molecule has 0 amide bonds. The van der Waals surface area contributed by atoms with Gasteiger partial charge in [0.05, 0.1) is 0 Å². The smallest absolute Gasteiger partial charge is 0.0401 e. The first kappa shape index (κ1) is 13.5. The summed E-state index contributed by atoms with van der Waals surface area (Å²) in [6.45, 7) is 14.2. The largest absolute Gasteiger partial charge is 0.365 e. The van der Waals surface area contributed by atoms with E-state index in [4.69, 9.17) is 0 Å². The summed E-state index contributed by atoms with van der Waals surface area (Å²) in [5, 5.41) is 0. The van der Waals surface area contributed by atoms with Crippen molar-refractivity contribution in [3.05, 3.63) is 29.8 Å². The van der Waals surface area contributed by atoms with E-state index in [1.807, 2.05) is 0 Å². The van der Waals surface area contributed by atoms with Crippen LogP contribution in [0.15, 0.2) is 24.3 Å². The van der Waals surface area contributed by atoms with Gasteiger partial charge in [0.25, 0.3) is 0 Å². The predicted octanol–water partition coefficient (Wildman–Crippen LogP) is 4.64. The molecule has 1 heteroatoms. The lowest BCUT2D eigenvalue weighted by atomic mass is 9.75. The molecule has 18 heavy (non-hydrogen) atoms. The average molecular weight is 245 g/mol. The van der Waals surface area contributed by atoms with Gasteiger partial charge in [0, 0.05) is 17.8 Å². The van der Waals surface area contributed by atoms with E-state index in [0.29, 0.717) is 17.5 Å². The van der Waals surface area contributed by atoms with E-state index >= 15 is 0 Å². The van der Waals surface area contributed by atoms with Crippen LogP contribution in [0.25, 0.3) is 0 Å². The van der Waals surface area contributed by atoms with Gasteiger partial charge in [0.2, 0.25) is 0 Å². The summed E-state index contributed by atoms with van der Waals surface area (Å²) in [5.74, 6) is 0.724. The molecule has 1 aliphatic rings. The normalized spacial score (nSPS) is 30.8. The van der Waals surface area contributed by atoms with Crippen molar-refractivity contribution >= 4 is 5.69 Å². The van der Waals surface area contributed by atoms with Gasteiger partial charge >= 0.3 is 0 Å². The van der Waals surface area contributed by atoms with Gasteiger partial charge in [-0.05, 0) is 43.2 Å². The summed E-state index contributed by atoms with van der Waals surface area (Å²) < 4.78 is 0. The van der Waals surface area contributed by atoms with Gasteiger partial charge in [-0.15, -0.1) is 0 Å². The summed E-state index contributed by atoms with van der Waals surface area (Å²) in [4.78, 5) is 2.67. The number of hydrogen-bond donors (Lipinski definition) is 0. The summed E-state index contributed by atoms with van der Waals surface area (Å²) in [5.41, 5.74) is 3.21. The molecular weight excluding hydrogens is 218 g/mol. The van der Waals surface area contributed by atoms with Crippen molar-refractivity contribution in [2.75, 3.05) is 4.90 Å². The van der Waals surface area contributed by atoms with Gasteiger partial charge in [-0.2, -0.15) is 0 Å². The van der Waals surface area contributed by atoms with Crippen molar-refractivity contribution in [3.63, 3.8) is 0 Å². The summed E-state index contributed by atoms with van der Waals surface area (Å²) >= 11 is 0. The second-order valence-electron chi connectivity index (χ2n) is 6.47. The van der Waals surface area contributed by atoms with Crippen LogP contribution in [0.2, 0.25) is 0 Å². The topological polar surface area (TPSA) is 3.24 Å². The average Bonchev–Trinajstić information content (AvgIpc) is 2.50. The Labute approximate surface area is 112 Å². The molecule has 1 fully saturated rings. The molecule has 0 bridgehead atoms. The van der Waals surface area contributed by atoms with Gasteiger partial charge < -0.3 is 4.90 Å². The molecule has 1 nitrogen and oxygen atoms in total. The Morgan fingerprint density at radius 2 is 1.78 bits per heavy atom. The summed E-state index contributed by atoms with van der Waals surface area (Å²) in [6.07, 6.45) is 1.22. The zero-order valence-corrected chi connectivity index (χ0v) is 12.7. The Morgan fingerprint density at radius 1 is 1.17 bits per heavy atom. The summed E-state index contributed by atoms with van der Waals surface area (Å²) in [6, 6.07) is 10.1. The maximum absolute atomic E-state index is 2.67. The number of benzene rings is 1. The Kier molecular flexibility index (Phi) is 3.44. The molecule has 1 saturated heterocycles. The number of rotatable bonds is 2. The van der Waals surface area contributed by atoms with Crippen LogP contribution in [0, 0.1) is 18.3 Å². The van der Waals surface area contributed by atoms with Crippen LogP contribution in [0.4, 0.5) is 5.69 Å². The van der Waals surface area contributed by atoms with E-state index in [1.165, 1.54) is 17.7 Å². The van der Waals surface area contributed by atoms with Crippen molar-refractivity contribution in [2.24, 2.45) is 11.3 Å². The van der Waals surface area contributed by atoms with Crippen LogP contribution in [-0.2, 0) is 0 Å². The van der Waals surface area contributed by atoms with Crippen LogP contribution in [0.5, 0.6) is 0 Å². The number of aryl methyl sites for hydroxylation is 1. The fraction of sp³-hybridized carbons (Fsp3) is 0.647. The van der Waals surface area contributed by atoms with Crippen LogP contribution in [0.1, 0.15) is 46.6 Å². The number of nitrogens with zero attached hydrogens (tertiary/aromatic N) is 1. The maximum Gasteiger partial charge on any atom is 0.0401 e. The van der Waals surface area contributed by atoms with Crippen LogP contribution < -0.4 is 4.90 Å². The third-order valence-electron chi connectivity index (χ3n) is 5.31. The Bertz CT molecular complexity index is 421. The molecule has 1 aromatic rings. The highest BCUT2D eigenvalue weighted by molar-refractivity contribution is 5.56. The number of anilines is 1. The molecule has 1 heterocycles. The van der Waals surface area contributed by atoms with Gasteiger partial charge in [-0.3, -0.25) is 0 Å². The second kappa shape index (κ2) is 4.60. The lowest BCUT2D eigenvalue weighted by Gasteiger charge is -2.35. The third kappa shape index (κ3) is 1.84. The lowest BCUT2D eigenvalue weighted by Crippen LogP contribution is -2.39. The lowest BCUT2D eigenvalue weighted by molar-refractivity contribution is 0.237. The molecular formula is C17H27N. The molecule has 0 saturated carbocycles. The Hall–Kier alpha value is -0.980. The van der Waals surface area contributed by atoms with E-state index in [9.17, 15) is 0 Å². The molecule has 0 N–H and O–H groups in total. The quantitative estimate of drug-likeness (QED) is 0.733. The monoisotopic (exact) mass is 245 g/mol. The van der Waals surface area contributed by atoms with Crippen molar-refractivity contribution < 1.29 is 0 Å². The molecule has 0 aromatic heterocycles. The SMILES string of the molecule is CCC1N(c2ccccc2C)[C@@H](C)C(C)C1(C)C. The van der Waals surface area contributed by atoms with E-state index < -0.39 is 0 Å². The van der Waals surface area contributed by atoms with Gasteiger partial charge in [-0.25, -0.2) is 0 Å². The fourth-order valence-electron chi connectivity index (χ4n) is 3.77. The molecule has 0 aliphatic carbocycles. The molecule has 100 valence electrons. The number of para-hydroxylation sites is 1. The first-order chi connectivity index (χ1) is 8.41.